The van der Waals surface area contributed by atoms with Crippen molar-refractivity contribution in [1.29, 1.82) is 0 Å². The number of nitrogens with one attached hydrogen (secondary N) is 2. The van der Waals surface area contributed by atoms with Crippen molar-refractivity contribution >= 4 is 15.9 Å². The molecule has 4 saturated carbocycles. The zero-order valence-electron chi connectivity index (χ0n) is 21.7. The molecule has 11 heteroatoms. The van der Waals surface area contributed by atoms with Gasteiger partial charge in [-0.2, -0.15) is 0 Å². The molecule has 0 spiro atoms. The minimum atomic E-state index is -3.44. The number of piperidine rings is 1. The second kappa shape index (κ2) is 9.34. The molecule has 39 heavy (non-hydrogen) atoms. The highest BCUT2D eigenvalue weighted by Gasteiger charge is 2.73. The molecule has 4 aliphatic carbocycles. The van der Waals surface area contributed by atoms with Gasteiger partial charge in [-0.15, -0.1) is 0 Å². The Morgan fingerprint density at radius 2 is 1.72 bits per heavy atom. The van der Waals surface area contributed by atoms with Gasteiger partial charge in [0.25, 0.3) is 5.91 Å². The number of nitrogens with zero attached hydrogens (tertiary/aromatic N) is 2. The minimum Gasteiger partial charge on any atom is -0.360 e. The summed E-state index contributed by atoms with van der Waals surface area (Å²) in [4.78, 5) is 12.7. The molecule has 5 aliphatic rings. The maximum atomic E-state index is 13.9. The van der Waals surface area contributed by atoms with Crippen LogP contribution in [0.25, 0.3) is 0 Å². The van der Waals surface area contributed by atoms with Crippen molar-refractivity contribution in [2.24, 2.45) is 17.8 Å². The van der Waals surface area contributed by atoms with Gasteiger partial charge >= 0.3 is 0 Å². The van der Waals surface area contributed by atoms with Crippen LogP contribution in [-0.4, -0.2) is 53.7 Å². The average Bonchev–Trinajstić information content (AvgIpc) is 3.61. The van der Waals surface area contributed by atoms with Crippen LogP contribution >= 0.6 is 0 Å². The van der Waals surface area contributed by atoms with Gasteiger partial charge in [0.1, 0.15) is 17.4 Å². The van der Waals surface area contributed by atoms with Gasteiger partial charge in [-0.3, -0.25) is 4.79 Å². The molecule has 1 aromatic carbocycles. The first-order chi connectivity index (χ1) is 18.7. The molecule has 3 unspecified atom stereocenters. The lowest BCUT2D eigenvalue weighted by Gasteiger charge is -2.70. The van der Waals surface area contributed by atoms with Gasteiger partial charge in [0.2, 0.25) is 10.0 Å². The Labute approximate surface area is 226 Å². The molecule has 7 rings (SSSR count). The molecule has 1 aromatic heterocycles. The predicted molar refractivity (Wildman–Crippen MR) is 138 cm³/mol. The summed E-state index contributed by atoms with van der Waals surface area (Å²) in [6, 6.07) is 5.63. The first-order valence-corrected chi connectivity index (χ1v) is 15.6. The van der Waals surface area contributed by atoms with Crippen LogP contribution in [-0.2, 0) is 16.6 Å². The van der Waals surface area contributed by atoms with Crippen molar-refractivity contribution < 1.29 is 26.5 Å². The van der Waals surface area contributed by atoms with E-state index in [-0.39, 0.29) is 36.0 Å². The van der Waals surface area contributed by atoms with Crippen LogP contribution in [0.2, 0.25) is 0 Å². The molecule has 210 valence electrons. The second-order valence-corrected chi connectivity index (χ2v) is 14.6. The van der Waals surface area contributed by atoms with Crippen LogP contribution in [0.3, 0.4) is 0 Å². The summed E-state index contributed by atoms with van der Waals surface area (Å²) in [6.07, 6.45) is 6.31. The predicted octanol–water partition coefficient (Wildman–Crippen LogP) is 3.70. The monoisotopic (exact) mass is 560 g/mol. The third-order valence-corrected chi connectivity index (χ3v) is 12.7. The molecule has 8 nitrogen and oxygen atoms in total. The molecular weight excluding hydrogens is 526 g/mol. The quantitative estimate of drug-likeness (QED) is 0.510. The van der Waals surface area contributed by atoms with E-state index in [9.17, 15) is 22.0 Å². The average molecular weight is 561 g/mol. The molecule has 2 heterocycles. The zero-order valence-corrected chi connectivity index (χ0v) is 22.6. The Kier molecular flexibility index (Phi) is 6.13. The van der Waals surface area contributed by atoms with Gasteiger partial charge in [0.15, 0.2) is 5.69 Å². The lowest BCUT2D eigenvalue weighted by Crippen LogP contribution is -2.75. The number of rotatable bonds is 8. The molecule has 1 amide bonds. The van der Waals surface area contributed by atoms with Gasteiger partial charge < -0.3 is 15.2 Å². The smallest absolute Gasteiger partial charge is 0.273 e. The fourth-order valence-electron chi connectivity index (χ4n) is 7.93. The number of sulfonamides is 1. The number of benzene rings is 1. The third-order valence-electron chi connectivity index (χ3n) is 10.0. The summed E-state index contributed by atoms with van der Waals surface area (Å²) in [7, 11) is -3.44. The Bertz CT molecular complexity index is 1350. The van der Waals surface area contributed by atoms with E-state index in [1.165, 1.54) is 18.2 Å². The SMILES string of the molecule is O=C(NC1C[C@@H]2CC3(S(=O)(=O)N4CCC(NCc5c(F)cccc5F)CC4)C[C@H](C1)C23)c1cc(C2CC2)on1. The van der Waals surface area contributed by atoms with E-state index in [0.717, 1.165) is 31.4 Å². The first-order valence-electron chi connectivity index (χ1n) is 14.2. The van der Waals surface area contributed by atoms with Crippen molar-refractivity contribution in [3.8, 4) is 0 Å². The number of amides is 1. The first kappa shape index (κ1) is 25.6. The molecular formula is C28H34F2N4O4S. The zero-order chi connectivity index (χ0) is 26.9. The molecule has 5 atom stereocenters. The Morgan fingerprint density at radius 3 is 2.36 bits per heavy atom. The fourth-order valence-corrected chi connectivity index (χ4v) is 10.7. The number of carbonyl (C=O) groups excluding carboxylic acids is 1. The van der Waals surface area contributed by atoms with Crippen molar-refractivity contribution in [3.63, 3.8) is 0 Å². The van der Waals surface area contributed by atoms with E-state index >= 15 is 0 Å². The molecule has 2 N–H and O–H groups in total. The normalized spacial score (nSPS) is 32.7. The van der Waals surface area contributed by atoms with Crippen molar-refractivity contribution in [1.82, 2.24) is 20.1 Å². The summed E-state index contributed by atoms with van der Waals surface area (Å²) in [6.45, 7) is 0.924. The number of hydrogen-bond acceptors (Lipinski definition) is 6. The van der Waals surface area contributed by atoms with Crippen LogP contribution in [0.5, 0.6) is 0 Å². The van der Waals surface area contributed by atoms with Gasteiger partial charge in [0.05, 0.1) is 4.75 Å². The van der Waals surface area contributed by atoms with Gasteiger partial charge in [0, 0.05) is 49.3 Å². The maximum Gasteiger partial charge on any atom is 0.273 e. The summed E-state index contributed by atoms with van der Waals surface area (Å²) in [5.41, 5.74) is 0.346. The summed E-state index contributed by atoms with van der Waals surface area (Å²) in [5.74, 6) is 0.630. The van der Waals surface area contributed by atoms with Crippen LogP contribution in [0.4, 0.5) is 8.78 Å². The number of aromatic nitrogens is 1. The molecule has 1 aliphatic heterocycles. The molecule has 5 fully saturated rings. The van der Waals surface area contributed by atoms with Crippen molar-refractivity contribution in [2.75, 3.05) is 13.1 Å². The van der Waals surface area contributed by atoms with Gasteiger partial charge in [-0.1, -0.05) is 11.2 Å². The highest BCUT2D eigenvalue weighted by Crippen LogP contribution is 2.69. The van der Waals surface area contributed by atoms with Gasteiger partial charge in [-0.05, 0) is 81.3 Å². The van der Waals surface area contributed by atoms with E-state index in [0.29, 0.717) is 62.2 Å². The molecule has 2 aromatic rings. The molecule has 1 saturated heterocycles. The Hall–Kier alpha value is -2.37. The van der Waals surface area contributed by atoms with Gasteiger partial charge in [-0.25, -0.2) is 21.5 Å². The summed E-state index contributed by atoms with van der Waals surface area (Å²) < 4.78 is 61.8. The van der Waals surface area contributed by atoms with Crippen LogP contribution in [0.15, 0.2) is 28.8 Å². The lowest BCUT2D eigenvalue weighted by atomic mass is 9.42. The summed E-state index contributed by atoms with van der Waals surface area (Å²) >= 11 is 0. The highest BCUT2D eigenvalue weighted by atomic mass is 32.2. The fraction of sp³-hybridized carbons (Fsp3) is 0.643. The summed E-state index contributed by atoms with van der Waals surface area (Å²) in [5, 5.41) is 10.3. The van der Waals surface area contributed by atoms with Crippen LogP contribution in [0, 0.1) is 29.4 Å². The minimum absolute atomic E-state index is 0.0142. The second-order valence-electron chi connectivity index (χ2n) is 12.3. The van der Waals surface area contributed by atoms with Crippen LogP contribution < -0.4 is 10.6 Å². The van der Waals surface area contributed by atoms with E-state index in [1.807, 2.05) is 0 Å². The molecule has 0 radical (unpaired) electrons. The third kappa shape index (κ3) is 4.23. The standard InChI is InChI=1S/C28H34F2N4O4S/c29-22-2-1-3-23(30)21(22)15-31-19-6-8-34(9-7-19)39(36,37)28-13-17-10-20(11-18(14-28)26(17)28)32-27(35)24-12-25(38-33-24)16-4-5-16/h1-3,12,16-20,26,31H,4-11,13-15H2,(H,32,35)/t17-,18+,20?,26?,28?. The number of halogens is 2. The Morgan fingerprint density at radius 1 is 1.05 bits per heavy atom. The molecule has 0 bridgehead atoms. The maximum absolute atomic E-state index is 13.9. The lowest BCUT2D eigenvalue weighted by molar-refractivity contribution is -0.108. The number of carbonyl (C=O) groups is 1. The largest absolute Gasteiger partial charge is 0.360 e. The van der Waals surface area contributed by atoms with Crippen LogP contribution in [0.1, 0.15) is 79.1 Å². The van der Waals surface area contributed by atoms with Crippen molar-refractivity contribution in [3.05, 3.63) is 52.9 Å². The van der Waals surface area contributed by atoms with E-state index in [4.69, 9.17) is 4.52 Å². The Balaban J connectivity index is 0.920. The highest BCUT2D eigenvalue weighted by molar-refractivity contribution is 7.90. The van der Waals surface area contributed by atoms with Crippen molar-refractivity contribution in [2.45, 2.75) is 80.7 Å². The van der Waals surface area contributed by atoms with E-state index < -0.39 is 26.4 Å². The number of hydrogen-bond donors (Lipinski definition) is 2. The van der Waals surface area contributed by atoms with E-state index in [2.05, 4.69) is 15.8 Å². The van der Waals surface area contributed by atoms with E-state index in [1.54, 1.807) is 10.4 Å². The topological polar surface area (TPSA) is 105 Å².